The lowest BCUT2D eigenvalue weighted by molar-refractivity contribution is 0.740. The van der Waals surface area contributed by atoms with E-state index in [1.54, 1.807) is 0 Å². The average molecular weight is 386 g/mol. The molecule has 116 valence electrons. The van der Waals surface area contributed by atoms with Crippen LogP contribution in [0.5, 0.6) is 0 Å². The van der Waals surface area contributed by atoms with Gasteiger partial charge >= 0.3 is 0 Å². The van der Waals surface area contributed by atoms with Crippen molar-refractivity contribution in [1.82, 2.24) is 9.55 Å². The van der Waals surface area contributed by atoms with Crippen molar-refractivity contribution in [2.24, 2.45) is 5.73 Å². The Morgan fingerprint density at radius 3 is 2.65 bits per heavy atom. The lowest BCUT2D eigenvalue weighted by Crippen LogP contribution is -2.10. The Kier molecular flexibility index (Phi) is 4.88. The molecule has 1 aromatic heterocycles. The van der Waals surface area contributed by atoms with Crippen LogP contribution in [0.4, 0.5) is 0 Å². The molecule has 0 spiro atoms. The van der Waals surface area contributed by atoms with E-state index < -0.39 is 0 Å². The zero-order chi connectivity index (χ0) is 16.2. The van der Waals surface area contributed by atoms with Gasteiger partial charge in [0.1, 0.15) is 10.8 Å². The molecule has 0 aliphatic carbocycles. The fourth-order valence-electron chi connectivity index (χ4n) is 2.46. The third-order valence-corrected chi connectivity index (χ3v) is 4.41. The molecule has 0 saturated heterocycles. The van der Waals surface area contributed by atoms with Gasteiger partial charge in [-0.3, -0.25) is 0 Å². The molecule has 0 bridgehead atoms. The molecule has 1 heterocycles. The third kappa shape index (κ3) is 4.06. The Morgan fingerprint density at radius 2 is 1.91 bits per heavy atom. The predicted molar refractivity (Wildman–Crippen MR) is 101 cm³/mol. The van der Waals surface area contributed by atoms with Gasteiger partial charge in [0.25, 0.3) is 0 Å². The Hall–Kier alpha value is -1.98. The third-order valence-electron chi connectivity index (χ3n) is 3.64. The summed E-state index contributed by atoms with van der Waals surface area (Å²) < 4.78 is 3.24. The van der Waals surface area contributed by atoms with Gasteiger partial charge in [-0.25, -0.2) is 4.98 Å². The maximum Gasteiger partial charge on any atom is 0.113 e. The van der Waals surface area contributed by atoms with Crippen LogP contribution in [-0.2, 0) is 13.0 Å². The molecular weight excluding hydrogens is 370 g/mol. The number of nitrogens with zero attached hydrogens (tertiary/aromatic N) is 2. The molecule has 0 aliphatic rings. The quantitative estimate of drug-likeness (QED) is 0.676. The standard InChI is InChI=1S/C18H16BrN3S/c19-16-6-4-13(5-7-16)11-17-21-8-9-22(17)12-14-2-1-3-15(10-14)18(20)23/h1-10H,11-12H2,(H2,20,23). The fraction of sp³-hybridized carbons (Fsp3) is 0.111. The topological polar surface area (TPSA) is 43.8 Å². The minimum absolute atomic E-state index is 0.424. The molecule has 23 heavy (non-hydrogen) atoms. The molecular formula is C18H16BrN3S. The van der Waals surface area contributed by atoms with Crippen molar-refractivity contribution in [1.29, 1.82) is 0 Å². The summed E-state index contributed by atoms with van der Waals surface area (Å²) in [5.41, 5.74) is 9.00. The first-order valence-electron chi connectivity index (χ1n) is 7.25. The molecule has 2 aromatic carbocycles. The van der Waals surface area contributed by atoms with Crippen LogP contribution in [0.3, 0.4) is 0 Å². The van der Waals surface area contributed by atoms with Crippen LogP contribution >= 0.6 is 28.1 Å². The lowest BCUT2D eigenvalue weighted by atomic mass is 10.1. The molecule has 2 N–H and O–H groups in total. The Labute approximate surface area is 149 Å². The van der Waals surface area contributed by atoms with Gasteiger partial charge < -0.3 is 10.3 Å². The van der Waals surface area contributed by atoms with E-state index in [1.807, 2.05) is 42.7 Å². The normalized spacial score (nSPS) is 10.7. The zero-order valence-corrected chi connectivity index (χ0v) is 14.8. The SMILES string of the molecule is NC(=S)c1cccc(Cn2ccnc2Cc2ccc(Br)cc2)c1. The summed E-state index contributed by atoms with van der Waals surface area (Å²) in [6.07, 6.45) is 4.64. The van der Waals surface area contributed by atoms with Gasteiger partial charge in [-0.15, -0.1) is 0 Å². The summed E-state index contributed by atoms with van der Waals surface area (Å²) in [5.74, 6) is 1.04. The number of hydrogen-bond donors (Lipinski definition) is 1. The van der Waals surface area contributed by atoms with Gasteiger partial charge in [0, 0.05) is 35.4 Å². The fourth-order valence-corrected chi connectivity index (χ4v) is 2.85. The molecule has 3 rings (SSSR count). The molecule has 3 aromatic rings. The van der Waals surface area contributed by atoms with Crippen LogP contribution in [0.25, 0.3) is 0 Å². The summed E-state index contributed by atoms with van der Waals surface area (Å²) in [6, 6.07) is 16.3. The van der Waals surface area contributed by atoms with Gasteiger partial charge in [-0.05, 0) is 29.3 Å². The molecule has 0 radical (unpaired) electrons. The van der Waals surface area contributed by atoms with Crippen LogP contribution in [0.2, 0.25) is 0 Å². The van der Waals surface area contributed by atoms with E-state index >= 15 is 0 Å². The van der Waals surface area contributed by atoms with Crippen LogP contribution in [0.1, 0.15) is 22.5 Å². The van der Waals surface area contributed by atoms with Crippen molar-refractivity contribution in [2.45, 2.75) is 13.0 Å². The van der Waals surface area contributed by atoms with Gasteiger partial charge in [-0.1, -0.05) is 58.5 Å². The lowest BCUT2D eigenvalue weighted by Gasteiger charge is -2.09. The minimum atomic E-state index is 0.424. The van der Waals surface area contributed by atoms with Crippen LogP contribution in [0, 0.1) is 0 Å². The average Bonchev–Trinajstić information content (AvgIpc) is 2.97. The first-order chi connectivity index (χ1) is 11.1. The molecule has 0 saturated carbocycles. The molecule has 3 nitrogen and oxygen atoms in total. The number of thiocarbonyl (C=S) groups is 1. The highest BCUT2D eigenvalue weighted by molar-refractivity contribution is 9.10. The summed E-state index contributed by atoms with van der Waals surface area (Å²) in [5, 5.41) is 0. The smallest absolute Gasteiger partial charge is 0.113 e. The number of halogens is 1. The molecule has 0 atom stereocenters. The van der Waals surface area contributed by atoms with Crippen molar-refractivity contribution in [3.63, 3.8) is 0 Å². The molecule has 0 unspecified atom stereocenters. The van der Waals surface area contributed by atoms with E-state index in [1.165, 1.54) is 5.56 Å². The maximum atomic E-state index is 5.71. The number of imidazole rings is 1. The van der Waals surface area contributed by atoms with Crippen LogP contribution < -0.4 is 5.73 Å². The highest BCUT2D eigenvalue weighted by Crippen LogP contribution is 2.15. The van der Waals surface area contributed by atoms with Gasteiger partial charge in [0.15, 0.2) is 0 Å². The van der Waals surface area contributed by atoms with E-state index in [4.69, 9.17) is 18.0 Å². The summed E-state index contributed by atoms with van der Waals surface area (Å²) in [4.78, 5) is 4.91. The number of aromatic nitrogens is 2. The maximum absolute atomic E-state index is 5.71. The molecule has 5 heteroatoms. The van der Waals surface area contributed by atoms with Gasteiger partial charge in [-0.2, -0.15) is 0 Å². The summed E-state index contributed by atoms with van der Waals surface area (Å²) in [7, 11) is 0. The summed E-state index contributed by atoms with van der Waals surface area (Å²) >= 11 is 8.51. The molecule has 0 amide bonds. The first kappa shape index (κ1) is 15.9. The molecule has 0 aliphatic heterocycles. The first-order valence-corrected chi connectivity index (χ1v) is 8.45. The Bertz CT molecular complexity index is 824. The van der Waals surface area contributed by atoms with Crippen molar-refractivity contribution >= 4 is 33.1 Å². The van der Waals surface area contributed by atoms with E-state index in [9.17, 15) is 0 Å². The minimum Gasteiger partial charge on any atom is -0.389 e. The van der Waals surface area contributed by atoms with Gasteiger partial charge in [0.2, 0.25) is 0 Å². The van der Waals surface area contributed by atoms with E-state index in [0.29, 0.717) is 4.99 Å². The number of hydrogen-bond acceptors (Lipinski definition) is 2. The van der Waals surface area contributed by atoms with Gasteiger partial charge in [0.05, 0.1) is 0 Å². The number of benzene rings is 2. The molecule has 0 fully saturated rings. The Balaban J connectivity index is 1.79. The van der Waals surface area contributed by atoms with E-state index in [0.717, 1.165) is 34.4 Å². The van der Waals surface area contributed by atoms with Crippen molar-refractivity contribution < 1.29 is 0 Å². The highest BCUT2D eigenvalue weighted by Gasteiger charge is 2.06. The van der Waals surface area contributed by atoms with Crippen LogP contribution in [-0.4, -0.2) is 14.5 Å². The Morgan fingerprint density at radius 1 is 1.13 bits per heavy atom. The second-order valence-corrected chi connectivity index (χ2v) is 6.69. The second-order valence-electron chi connectivity index (χ2n) is 5.34. The van der Waals surface area contributed by atoms with Crippen molar-refractivity contribution in [3.8, 4) is 0 Å². The highest BCUT2D eigenvalue weighted by atomic mass is 79.9. The predicted octanol–water partition coefficient (Wildman–Crippen LogP) is 3.92. The van der Waals surface area contributed by atoms with E-state index in [-0.39, 0.29) is 0 Å². The monoisotopic (exact) mass is 385 g/mol. The summed E-state index contributed by atoms with van der Waals surface area (Å²) in [6.45, 7) is 0.752. The van der Waals surface area contributed by atoms with E-state index in [2.05, 4.69) is 43.7 Å². The largest absolute Gasteiger partial charge is 0.389 e. The second kappa shape index (κ2) is 7.06. The van der Waals surface area contributed by atoms with Crippen molar-refractivity contribution in [3.05, 3.63) is 87.9 Å². The zero-order valence-electron chi connectivity index (χ0n) is 12.4. The van der Waals surface area contributed by atoms with Crippen molar-refractivity contribution in [2.75, 3.05) is 0 Å². The van der Waals surface area contributed by atoms with Crippen LogP contribution in [0.15, 0.2) is 65.4 Å². The number of rotatable bonds is 5. The number of nitrogens with two attached hydrogens (primary N) is 1.